The molecule has 0 aromatic heterocycles. The molecular weight excluding hydrogens is 246 g/mol. The van der Waals surface area contributed by atoms with Crippen molar-refractivity contribution in [3.63, 3.8) is 0 Å². The van der Waals surface area contributed by atoms with E-state index in [0.717, 1.165) is 5.56 Å². The number of methoxy groups -OCH3 is 1. The first-order chi connectivity index (χ1) is 9.11. The van der Waals surface area contributed by atoms with Crippen molar-refractivity contribution in [2.45, 2.75) is 13.3 Å². The molecule has 1 rings (SSSR count). The van der Waals surface area contributed by atoms with Crippen molar-refractivity contribution in [3.8, 4) is 5.75 Å². The number of ketones is 1. The van der Waals surface area contributed by atoms with Gasteiger partial charge in [-0.1, -0.05) is 12.1 Å². The standard InChI is InChI=1S/C14H19NO4/c1-11(16)9-12-3-5-13(6-4-12)19-10-14(17)15-7-8-18-2/h3-6H,7-10H2,1-2H3,(H,15,17). The normalized spacial score (nSPS) is 10.0. The van der Waals surface area contributed by atoms with Gasteiger partial charge in [0.2, 0.25) is 0 Å². The van der Waals surface area contributed by atoms with E-state index in [4.69, 9.17) is 9.47 Å². The SMILES string of the molecule is COCCNC(=O)COc1ccc(CC(C)=O)cc1. The minimum Gasteiger partial charge on any atom is -0.484 e. The van der Waals surface area contributed by atoms with E-state index >= 15 is 0 Å². The molecule has 0 atom stereocenters. The molecule has 0 bridgehead atoms. The molecule has 5 heteroatoms. The summed E-state index contributed by atoms with van der Waals surface area (Å²) >= 11 is 0. The second-order valence-electron chi connectivity index (χ2n) is 4.15. The van der Waals surface area contributed by atoms with Gasteiger partial charge in [0.15, 0.2) is 6.61 Å². The van der Waals surface area contributed by atoms with Crippen LogP contribution in [0.2, 0.25) is 0 Å². The summed E-state index contributed by atoms with van der Waals surface area (Å²) < 4.78 is 10.1. The Kier molecular flexibility index (Phi) is 6.60. The Bertz CT molecular complexity index is 414. The van der Waals surface area contributed by atoms with Crippen LogP contribution in [-0.2, 0) is 20.7 Å². The van der Waals surface area contributed by atoms with Crippen LogP contribution in [0.5, 0.6) is 5.75 Å². The van der Waals surface area contributed by atoms with E-state index < -0.39 is 0 Å². The van der Waals surface area contributed by atoms with Crippen LogP contribution in [0.4, 0.5) is 0 Å². The lowest BCUT2D eigenvalue weighted by Gasteiger charge is -2.07. The highest BCUT2D eigenvalue weighted by Gasteiger charge is 2.03. The van der Waals surface area contributed by atoms with Crippen LogP contribution in [0.1, 0.15) is 12.5 Å². The summed E-state index contributed by atoms with van der Waals surface area (Å²) in [7, 11) is 1.57. The van der Waals surface area contributed by atoms with Gasteiger partial charge in [-0.05, 0) is 24.6 Å². The van der Waals surface area contributed by atoms with E-state index in [1.807, 2.05) is 12.1 Å². The number of carbonyl (C=O) groups excluding carboxylic acids is 2. The molecule has 0 unspecified atom stereocenters. The second-order valence-corrected chi connectivity index (χ2v) is 4.15. The average molecular weight is 265 g/mol. The Labute approximate surface area is 112 Å². The summed E-state index contributed by atoms with van der Waals surface area (Å²) in [5.41, 5.74) is 0.935. The van der Waals surface area contributed by atoms with Gasteiger partial charge in [0, 0.05) is 20.1 Å². The smallest absolute Gasteiger partial charge is 0.258 e. The van der Waals surface area contributed by atoms with Crippen LogP contribution >= 0.6 is 0 Å². The highest BCUT2D eigenvalue weighted by atomic mass is 16.5. The molecule has 0 aliphatic heterocycles. The highest BCUT2D eigenvalue weighted by molar-refractivity contribution is 5.78. The van der Waals surface area contributed by atoms with E-state index in [0.29, 0.717) is 25.3 Å². The van der Waals surface area contributed by atoms with Gasteiger partial charge in [-0.25, -0.2) is 0 Å². The second kappa shape index (κ2) is 8.26. The van der Waals surface area contributed by atoms with Crippen LogP contribution in [0, 0.1) is 0 Å². The minimum absolute atomic E-state index is 0.0320. The number of Topliss-reactive ketones (excluding diaryl/α,β-unsaturated/α-hetero) is 1. The van der Waals surface area contributed by atoms with Crippen molar-refractivity contribution in [2.75, 3.05) is 26.9 Å². The summed E-state index contributed by atoms with van der Waals surface area (Å²) in [4.78, 5) is 22.3. The van der Waals surface area contributed by atoms with Gasteiger partial charge in [-0.2, -0.15) is 0 Å². The lowest BCUT2D eigenvalue weighted by Crippen LogP contribution is -2.31. The van der Waals surface area contributed by atoms with Gasteiger partial charge >= 0.3 is 0 Å². The molecule has 0 aliphatic rings. The maximum atomic E-state index is 11.4. The number of ether oxygens (including phenoxy) is 2. The third kappa shape index (κ3) is 6.57. The van der Waals surface area contributed by atoms with E-state index in [-0.39, 0.29) is 18.3 Å². The van der Waals surface area contributed by atoms with Gasteiger partial charge < -0.3 is 14.8 Å². The van der Waals surface area contributed by atoms with Gasteiger partial charge in [0.05, 0.1) is 6.61 Å². The molecule has 19 heavy (non-hydrogen) atoms. The Morgan fingerprint density at radius 1 is 1.21 bits per heavy atom. The van der Waals surface area contributed by atoms with Crippen molar-refractivity contribution in [2.24, 2.45) is 0 Å². The van der Waals surface area contributed by atoms with E-state index in [9.17, 15) is 9.59 Å². The van der Waals surface area contributed by atoms with Crippen LogP contribution in [0.3, 0.4) is 0 Å². The Morgan fingerprint density at radius 3 is 2.47 bits per heavy atom. The number of benzene rings is 1. The third-order valence-corrected chi connectivity index (χ3v) is 2.37. The molecule has 1 N–H and O–H groups in total. The topological polar surface area (TPSA) is 64.6 Å². The predicted molar refractivity (Wildman–Crippen MR) is 71.2 cm³/mol. The van der Waals surface area contributed by atoms with Gasteiger partial charge in [0.25, 0.3) is 5.91 Å². The Balaban J connectivity index is 2.33. The van der Waals surface area contributed by atoms with E-state index in [2.05, 4.69) is 5.32 Å². The molecular formula is C14H19NO4. The fourth-order valence-corrected chi connectivity index (χ4v) is 1.48. The fourth-order valence-electron chi connectivity index (χ4n) is 1.48. The number of hydrogen-bond donors (Lipinski definition) is 1. The molecule has 1 aromatic rings. The van der Waals surface area contributed by atoms with Gasteiger partial charge in [0.1, 0.15) is 11.5 Å². The first-order valence-electron chi connectivity index (χ1n) is 6.08. The van der Waals surface area contributed by atoms with Crippen LogP contribution in [0.15, 0.2) is 24.3 Å². The summed E-state index contributed by atoms with van der Waals surface area (Å²) in [5.74, 6) is 0.533. The average Bonchev–Trinajstić information content (AvgIpc) is 2.37. The largest absolute Gasteiger partial charge is 0.484 e. The fraction of sp³-hybridized carbons (Fsp3) is 0.429. The molecule has 0 fully saturated rings. The monoisotopic (exact) mass is 265 g/mol. The highest BCUT2D eigenvalue weighted by Crippen LogP contribution is 2.12. The summed E-state index contributed by atoms with van der Waals surface area (Å²) in [6.07, 6.45) is 0.414. The Hall–Kier alpha value is -1.88. The molecule has 1 amide bonds. The molecule has 0 radical (unpaired) electrons. The summed E-state index contributed by atoms with van der Waals surface area (Å²) in [6, 6.07) is 7.14. The minimum atomic E-state index is -0.190. The van der Waals surface area contributed by atoms with Crippen LogP contribution in [0.25, 0.3) is 0 Å². The zero-order chi connectivity index (χ0) is 14.1. The lowest BCUT2D eigenvalue weighted by molar-refractivity contribution is -0.123. The number of hydrogen-bond acceptors (Lipinski definition) is 4. The van der Waals surface area contributed by atoms with Crippen molar-refractivity contribution >= 4 is 11.7 Å². The van der Waals surface area contributed by atoms with Crippen LogP contribution < -0.4 is 10.1 Å². The molecule has 0 aliphatic carbocycles. The molecule has 1 aromatic carbocycles. The van der Waals surface area contributed by atoms with Crippen molar-refractivity contribution in [1.29, 1.82) is 0 Å². The van der Waals surface area contributed by atoms with Crippen molar-refractivity contribution in [3.05, 3.63) is 29.8 Å². The molecule has 0 heterocycles. The predicted octanol–water partition coefficient (Wildman–Crippen LogP) is 0.959. The van der Waals surface area contributed by atoms with Gasteiger partial charge in [-0.3, -0.25) is 9.59 Å². The Morgan fingerprint density at radius 2 is 1.89 bits per heavy atom. The lowest BCUT2D eigenvalue weighted by atomic mass is 10.1. The molecule has 0 spiro atoms. The molecule has 0 saturated heterocycles. The van der Waals surface area contributed by atoms with E-state index in [1.165, 1.54) is 0 Å². The quantitative estimate of drug-likeness (QED) is 0.711. The zero-order valence-electron chi connectivity index (χ0n) is 11.3. The summed E-state index contributed by atoms with van der Waals surface area (Å²) in [6.45, 7) is 2.46. The third-order valence-electron chi connectivity index (χ3n) is 2.37. The van der Waals surface area contributed by atoms with E-state index in [1.54, 1.807) is 26.2 Å². The number of carbonyl (C=O) groups is 2. The maximum absolute atomic E-state index is 11.4. The van der Waals surface area contributed by atoms with Crippen LogP contribution in [-0.4, -0.2) is 38.6 Å². The van der Waals surface area contributed by atoms with Crippen molar-refractivity contribution in [1.82, 2.24) is 5.32 Å². The zero-order valence-corrected chi connectivity index (χ0v) is 11.3. The first kappa shape index (κ1) is 15.2. The van der Waals surface area contributed by atoms with Gasteiger partial charge in [-0.15, -0.1) is 0 Å². The number of rotatable bonds is 8. The molecule has 104 valence electrons. The number of nitrogens with one attached hydrogen (secondary N) is 1. The first-order valence-corrected chi connectivity index (χ1v) is 6.08. The van der Waals surface area contributed by atoms with Crippen molar-refractivity contribution < 1.29 is 19.1 Å². The summed E-state index contributed by atoms with van der Waals surface area (Å²) in [5, 5.41) is 2.66. The molecule has 5 nitrogen and oxygen atoms in total. The molecule has 0 saturated carbocycles. The maximum Gasteiger partial charge on any atom is 0.258 e. The number of amides is 1.